The van der Waals surface area contributed by atoms with Gasteiger partial charge in [0.15, 0.2) is 0 Å². The fourth-order valence-electron chi connectivity index (χ4n) is 2.10. The third-order valence-electron chi connectivity index (χ3n) is 3.14. The van der Waals surface area contributed by atoms with Crippen molar-refractivity contribution >= 4 is 23.2 Å². The number of hydrogen-bond donors (Lipinski definition) is 1. The molecule has 0 aliphatic rings. The van der Waals surface area contributed by atoms with Crippen molar-refractivity contribution in [3.63, 3.8) is 0 Å². The summed E-state index contributed by atoms with van der Waals surface area (Å²) >= 11 is 5.96. The van der Waals surface area contributed by atoms with Crippen LogP contribution in [0.15, 0.2) is 42.5 Å². The minimum absolute atomic E-state index is 0.175. The molecule has 0 heterocycles. The molecule has 0 saturated heterocycles. The first-order valence-electron chi connectivity index (χ1n) is 6.48. The molecule has 5 heteroatoms. The van der Waals surface area contributed by atoms with Crippen molar-refractivity contribution in [2.75, 3.05) is 19.4 Å². The Kier molecular flexibility index (Phi) is 4.81. The quantitative estimate of drug-likeness (QED) is 0.932. The van der Waals surface area contributed by atoms with Crippen LogP contribution in [0.3, 0.4) is 0 Å². The minimum Gasteiger partial charge on any atom is -0.387 e. The van der Waals surface area contributed by atoms with Gasteiger partial charge in [0.25, 0.3) is 5.91 Å². The van der Waals surface area contributed by atoms with E-state index >= 15 is 0 Å². The summed E-state index contributed by atoms with van der Waals surface area (Å²) in [6.07, 6.45) is 0. The third kappa shape index (κ3) is 3.73. The molecule has 2 aromatic carbocycles. The van der Waals surface area contributed by atoms with Gasteiger partial charge in [-0.1, -0.05) is 23.7 Å². The van der Waals surface area contributed by atoms with Gasteiger partial charge in [0.1, 0.15) is 5.82 Å². The first-order valence-corrected chi connectivity index (χ1v) is 6.86. The van der Waals surface area contributed by atoms with Gasteiger partial charge in [-0.25, -0.2) is 4.39 Å². The number of carbonyl (C=O) groups excluding carboxylic acids is 1. The second-order valence-corrected chi connectivity index (χ2v) is 5.17. The van der Waals surface area contributed by atoms with Gasteiger partial charge >= 0.3 is 0 Å². The van der Waals surface area contributed by atoms with Crippen molar-refractivity contribution < 1.29 is 9.18 Å². The van der Waals surface area contributed by atoms with Gasteiger partial charge in [-0.15, -0.1) is 0 Å². The highest BCUT2D eigenvalue weighted by Crippen LogP contribution is 2.22. The first-order chi connectivity index (χ1) is 10.0. The maximum atomic E-state index is 13.2. The van der Waals surface area contributed by atoms with Crippen LogP contribution >= 0.6 is 11.6 Å². The van der Waals surface area contributed by atoms with E-state index in [2.05, 4.69) is 5.32 Å². The second-order valence-electron chi connectivity index (χ2n) is 4.73. The first kappa shape index (κ1) is 15.3. The number of nitrogens with one attached hydrogen (secondary N) is 1. The van der Waals surface area contributed by atoms with E-state index in [9.17, 15) is 9.18 Å². The Morgan fingerprint density at radius 3 is 2.71 bits per heavy atom. The van der Waals surface area contributed by atoms with Crippen LogP contribution < -0.4 is 5.32 Å². The Hall–Kier alpha value is -2.07. The fraction of sp³-hybridized carbons (Fsp3) is 0.188. The van der Waals surface area contributed by atoms with Crippen molar-refractivity contribution in [1.29, 1.82) is 0 Å². The standard InChI is InChI=1S/C16H16ClFN2O/c1-19-15-7-6-12(17)9-14(15)16(21)20(2)10-11-4-3-5-13(18)8-11/h3-9,19H,10H2,1-2H3. The predicted molar refractivity (Wildman–Crippen MR) is 83.2 cm³/mol. The summed E-state index contributed by atoms with van der Waals surface area (Å²) < 4.78 is 13.2. The molecule has 0 bridgehead atoms. The number of amides is 1. The number of rotatable bonds is 4. The van der Waals surface area contributed by atoms with E-state index in [4.69, 9.17) is 11.6 Å². The largest absolute Gasteiger partial charge is 0.387 e. The van der Waals surface area contributed by atoms with E-state index in [0.29, 0.717) is 22.8 Å². The molecule has 0 spiro atoms. The van der Waals surface area contributed by atoms with Gasteiger partial charge in [-0.05, 0) is 35.9 Å². The SMILES string of the molecule is CNc1ccc(Cl)cc1C(=O)N(C)Cc1cccc(F)c1. The van der Waals surface area contributed by atoms with Gasteiger partial charge in [0.2, 0.25) is 0 Å². The van der Waals surface area contributed by atoms with Crippen LogP contribution in [0.25, 0.3) is 0 Å². The summed E-state index contributed by atoms with van der Waals surface area (Å²) in [6.45, 7) is 0.326. The van der Waals surface area contributed by atoms with Gasteiger partial charge in [-0.3, -0.25) is 4.79 Å². The zero-order valence-electron chi connectivity index (χ0n) is 11.9. The van der Waals surface area contributed by atoms with Crippen molar-refractivity contribution in [3.8, 4) is 0 Å². The summed E-state index contributed by atoms with van der Waals surface area (Å²) in [5, 5.41) is 3.46. The zero-order chi connectivity index (χ0) is 15.4. The van der Waals surface area contributed by atoms with Crippen molar-refractivity contribution in [3.05, 3.63) is 64.4 Å². The zero-order valence-corrected chi connectivity index (χ0v) is 12.6. The molecular weight excluding hydrogens is 291 g/mol. The average molecular weight is 307 g/mol. The summed E-state index contributed by atoms with van der Waals surface area (Å²) in [4.78, 5) is 14.0. The van der Waals surface area contributed by atoms with Crippen LogP contribution in [0, 0.1) is 5.82 Å². The topological polar surface area (TPSA) is 32.3 Å². The van der Waals surface area contributed by atoms with Crippen LogP contribution in [0.4, 0.5) is 10.1 Å². The molecule has 0 atom stereocenters. The molecule has 0 fully saturated rings. The summed E-state index contributed by atoms with van der Waals surface area (Å²) in [5.41, 5.74) is 1.93. The lowest BCUT2D eigenvalue weighted by molar-refractivity contribution is 0.0786. The van der Waals surface area contributed by atoms with Gasteiger partial charge in [-0.2, -0.15) is 0 Å². The number of carbonyl (C=O) groups is 1. The third-order valence-corrected chi connectivity index (χ3v) is 3.37. The van der Waals surface area contributed by atoms with E-state index in [1.54, 1.807) is 44.4 Å². The number of nitrogens with zero attached hydrogens (tertiary/aromatic N) is 1. The van der Waals surface area contributed by atoms with Crippen LogP contribution in [0.2, 0.25) is 5.02 Å². The highest BCUT2D eigenvalue weighted by molar-refractivity contribution is 6.31. The van der Waals surface area contributed by atoms with Crippen LogP contribution in [0.1, 0.15) is 15.9 Å². The number of benzene rings is 2. The molecule has 110 valence electrons. The molecule has 0 radical (unpaired) electrons. The maximum absolute atomic E-state index is 13.2. The molecule has 0 aliphatic carbocycles. The molecule has 0 aromatic heterocycles. The molecule has 1 amide bonds. The van der Waals surface area contributed by atoms with Gasteiger partial charge in [0.05, 0.1) is 5.56 Å². The van der Waals surface area contributed by atoms with Crippen molar-refractivity contribution in [1.82, 2.24) is 4.90 Å². The molecule has 21 heavy (non-hydrogen) atoms. The average Bonchev–Trinajstić information content (AvgIpc) is 2.46. The minimum atomic E-state index is -0.313. The normalized spacial score (nSPS) is 10.3. The Morgan fingerprint density at radius 2 is 2.05 bits per heavy atom. The van der Waals surface area contributed by atoms with E-state index < -0.39 is 0 Å². The number of anilines is 1. The Labute approximate surface area is 128 Å². The summed E-state index contributed by atoms with van der Waals surface area (Å²) in [7, 11) is 3.42. The molecule has 2 aromatic rings. The summed E-state index contributed by atoms with van der Waals surface area (Å²) in [6, 6.07) is 11.3. The number of hydrogen-bond acceptors (Lipinski definition) is 2. The molecule has 0 unspecified atom stereocenters. The van der Waals surface area contributed by atoms with E-state index in [-0.39, 0.29) is 11.7 Å². The predicted octanol–water partition coefficient (Wildman–Crippen LogP) is 3.79. The van der Waals surface area contributed by atoms with E-state index in [1.807, 2.05) is 0 Å². The van der Waals surface area contributed by atoms with Crippen molar-refractivity contribution in [2.24, 2.45) is 0 Å². The van der Waals surface area contributed by atoms with E-state index in [0.717, 1.165) is 5.56 Å². The Balaban J connectivity index is 2.21. The Morgan fingerprint density at radius 1 is 1.29 bits per heavy atom. The van der Waals surface area contributed by atoms with Crippen molar-refractivity contribution in [2.45, 2.75) is 6.54 Å². The molecular formula is C16H16ClFN2O. The van der Waals surface area contributed by atoms with Crippen LogP contribution in [-0.4, -0.2) is 24.9 Å². The van der Waals surface area contributed by atoms with E-state index in [1.165, 1.54) is 17.0 Å². The number of halogens is 2. The lowest BCUT2D eigenvalue weighted by Gasteiger charge is -2.19. The molecule has 0 aliphatic heterocycles. The van der Waals surface area contributed by atoms with Gasteiger partial charge in [0, 0.05) is 31.4 Å². The molecule has 3 nitrogen and oxygen atoms in total. The lowest BCUT2D eigenvalue weighted by Crippen LogP contribution is -2.27. The smallest absolute Gasteiger partial charge is 0.256 e. The fourth-order valence-corrected chi connectivity index (χ4v) is 2.27. The van der Waals surface area contributed by atoms with Crippen LogP contribution in [0.5, 0.6) is 0 Å². The second kappa shape index (κ2) is 6.59. The lowest BCUT2D eigenvalue weighted by atomic mass is 10.1. The highest BCUT2D eigenvalue weighted by Gasteiger charge is 2.16. The van der Waals surface area contributed by atoms with Gasteiger partial charge < -0.3 is 10.2 Å². The molecule has 1 N–H and O–H groups in total. The van der Waals surface area contributed by atoms with Crippen LogP contribution in [-0.2, 0) is 6.54 Å². The monoisotopic (exact) mass is 306 g/mol. The summed E-state index contributed by atoms with van der Waals surface area (Å²) in [5.74, 6) is -0.488. The Bertz CT molecular complexity index is 660. The maximum Gasteiger partial charge on any atom is 0.256 e. The highest BCUT2D eigenvalue weighted by atomic mass is 35.5. The molecule has 2 rings (SSSR count). The molecule has 0 saturated carbocycles.